The normalized spacial score (nSPS) is 50.1. The molecule has 0 aromatic heterocycles. The standard InChI is InChI=1S/C27H48O4/c1-17(6-5-11-25(2,31)16-28)20-7-8-21-24-22(10-13-27(20,21)4)26(3)12-9-19(29)14-18(26)15-23(24)30/h17-24,28-31H,5-16H2,1-4H3. The first-order chi connectivity index (χ1) is 14.5. The van der Waals surface area contributed by atoms with Crippen LogP contribution in [0.5, 0.6) is 0 Å². The van der Waals surface area contributed by atoms with Crippen LogP contribution in [0.3, 0.4) is 0 Å². The fraction of sp³-hybridized carbons (Fsp3) is 1.00. The third-order valence-corrected chi connectivity index (χ3v) is 11.1. The number of fused-ring (bicyclic) bond motifs is 5. The monoisotopic (exact) mass is 436 g/mol. The SMILES string of the molecule is CC(CCCC(C)(O)CO)C1CCC2C3C(O)CC4CC(O)CCC4(C)C3CCC12C. The molecule has 0 bridgehead atoms. The molecule has 0 aromatic carbocycles. The van der Waals surface area contributed by atoms with Crippen molar-refractivity contribution in [2.75, 3.05) is 6.61 Å². The van der Waals surface area contributed by atoms with E-state index in [0.717, 1.165) is 38.5 Å². The zero-order valence-corrected chi connectivity index (χ0v) is 20.4. The van der Waals surface area contributed by atoms with E-state index in [4.69, 9.17) is 0 Å². The average molecular weight is 437 g/mol. The molecule has 0 aliphatic heterocycles. The van der Waals surface area contributed by atoms with Crippen molar-refractivity contribution in [3.05, 3.63) is 0 Å². The van der Waals surface area contributed by atoms with Gasteiger partial charge in [0.2, 0.25) is 0 Å². The number of aliphatic hydroxyl groups excluding tert-OH is 3. The van der Waals surface area contributed by atoms with E-state index < -0.39 is 5.60 Å². The van der Waals surface area contributed by atoms with Crippen molar-refractivity contribution < 1.29 is 20.4 Å². The average Bonchev–Trinajstić information content (AvgIpc) is 3.06. The Balaban J connectivity index is 1.46. The van der Waals surface area contributed by atoms with Gasteiger partial charge in [-0.1, -0.05) is 33.6 Å². The van der Waals surface area contributed by atoms with Gasteiger partial charge in [0.15, 0.2) is 0 Å². The van der Waals surface area contributed by atoms with E-state index in [-0.39, 0.29) is 18.8 Å². The van der Waals surface area contributed by atoms with Crippen LogP contribution in [0.2, 0.25) is 0 Å². The quantitative estimate of drug-likeness (QED) is 0.493. The molecule has 4 aliphatic carbocycles. The number of hydrogen-bond donors (Lipinski definition) is 4. The van der Waals surface area contributed by atoms with Gasteiger partial charge in [-0.2, -0.15) is 0 Å². The predicted octanol–water partition coefficient (Wildman–Crippen LogP) is 4.53. The summed E-state index contributed by atoms with van der Waals surface area (Å²) in [5.74, 6) is 3.47. The topological polar surface area (TPSA) is 80.9 Å². The third-order valence-electron chi connectivity index (χ3n) is 11.1. The maximum atomic E-state index is 11.4. The lowest BCUT2D eigenvalue weighted by molar-refractivity contribution is -0.174. The Morgan fingerprint density at radius 2 is 1.65 bits per heavy atom. The molecule has 4 N–H and O–H groups in total. The van der Waals surface area contributed by atoms with E-state index in [2.05, 4.69) is 20.8 Å². The van der Waals surface area contributed by atoms with Gasteiger partial charge >= 0.3 is 0 Å². The van der Waals surface area contributed by atoms with Crippen molar-refractivity contribution in [1.82, 2.24) is 0 Å². The van der Waals surface area contributed by atoms with Crippen molar-refractivity contribution in [2.45, 2.75) is 116 Å². The fourth-order valence-electron chi connectivity index (χ4n) is 9.26. The molecular weight excluding hydrogens is 388 g/mol. The minimum atomic E-state index is -0.953. The van der Waals surface area contributed by atoms with Crippen LogP contribution in [-0.2, 0) is 0 Å². The fourth-order valence-corrected chi connectivity index (χ4v) is 9.26. The Bertz CT molecular complexity index is 635. The van der Waals surface area contributed by atoms with Crippen LogP contribution in [-0.4, -0.2) is 44.8 Å². The summed E-state index contributed by atoms with van der Waals surface area (Å²) in [6, 6.07) is 0. The first-order valence-electron chi connectivity index (χ1n) is 13.2. The Labute approximate surface area is 189 Å². The number of hydrogen-bond acceptors (Lipinski definition) is 4. The van der Waals surface area contributed by atoms with E-state index in [1.807, 2.05) is 0 Å². The second kappa shape index (κ2) is 8.56. The third kappa shape index (κ3) is 4.13. The van der Waals surface area contributed by atoms with Gasteiger partial charge in [-0.15, -0.1) is 0 Å². The second-order valence-electron chi connectivity index (χ2n) is 13.0. The summed E-state index contributed by atoms with van der Waals surface area (Å²) in [5.41, 5.74) is -0.339. The summed E-state index contributed by atoms with van der Waals surface area (Å²) in [5, 5.41) is 41.1. The van der Waals surface area contributed by atoms with Crippen molar-refractivity contribution in [3.8, 4) is 0 Å². The Kier molecular flexibility index (Phi) is 6.62. The zero-order chi connectivity index (χ0) is 22.6. The highest BCUT2D eigenvalue weighted by Gasteiger charge is 2.62. The van der Waals surface area contributed by atoms with Crippen LogP contribution in [0.4, 0.5) is 0 Å². The molecule has 11 unspecified atom stereocenters. The number of rotatable bonds is 6. The molecule has 4 fully saturated rings. The van der Waals surface area contributed by atoms with Crippen LogP contribution in [0.1, 0.15) is 98.3 Å². The van der Waals surface area contributed by atoms with Crippen LogP contribution in [0, 0.1) is 46.3 Å². The molecule has 0 heterocycles. The van der Waals surface area contributed by atoms with Gasteiger partial charge in [0.05, 0.1) is 24.4 Å². The van der Waals surface area contributed by atoms with Crippen LogP contribution in [0.15, 0.2) is 0 Å². The molecule has 4 heteroatoms. The van der Waals surface area contributed by atoms with Crippen molar-refractivity contribution in [1.29, 1.82) is 0 Å². The summed E-state index contributed by atoms with van der Waals surface area (Å²) in [7, 11) is 0. The minimum absolute atomic E-state index is 0.164. The van der Waals surface area contributed by atoms with Gasteiger partial charge < -0.3 is 20.4 Å². The summed E-state index contributed by atoms with van der Waals surface area (Å²) in [6.45, 7) is 8.97. The highest BCUT2D eigenvalue weighted by atomic mass is 16.3. The summed E-state index contributed by atoms with van der Waals surface area (Å²) >= 11 is 0. The van der Waals surface area contributed by atoms with Gasteiger partial charge in [-0.25, -0.2) is 0 Å². The van der Waals surface area contributed by atoms with E-state index in [1.165, 1.54) is 25.7 Å². The zero-order valence-electron chi connectivity index (χ0n) is 20.4. The summed E-state index contributed by atoms with van der Waals surface area (Å²) in [6.07, 6.45) is 11.2. The van der Waals surface area contributed by atoms with Crippen molar-refractivity contribution >= 4 is 0 Å². The molecule has 4 saturated carbocycles. The maximum absolute atomic E-state index is 11.4. The van der Waals surface area contributed by atoms with E-state index >= 15 is 0 Å². The molecular formula is C27H48O4. The Hall–Kier alpha value is -0.160. The Morgan fingerprint density at radius 3 is 2.35 bits per heavy atom. The van der Waals surface area contributed by atoms with Crippen LogP contribution >= 0.6 is 0 Å². The van der Waals surface area contributed by atoms with Crippen LogP contribution < -0.4 is 0 Å². The molecule has 0 spiro atoms. The molecule has 11 atom stereocenters. The first-order valence-corrected chi connectivity index (χ1v) is 13.2. The smallest absolute Gasteiger partial charge is 0.0849 e. The van der Waals surface area contributed by atoms with Crippen molar-refractivity contribution in [3.63, 3.8) is 0 Å². The van der Waals surface area contributed by atoms with E-state index in [9.17, 15) is 20.4 Å². The highest BCUT2D eigenvalue weighted by Crippen LogP contribution is 2.68. The van der Waals surface area contributed by atoms with Gasteiger partial charge in [-0.05, 0) is 111 Å². The minimum Gasteiger partial charge on any atom is -0.393 e. The lowest BCUT2D eigenvalue weighted by Crippen LogP contribution is -2.58. The van der Waals surface area contributed by atoms with E-state index in [0.29, 0.717) is 52.8 Å². The summed E-state index contributed by atoms with van der Waals surface area (Å²) < 4.78 is 0. The highest BCUT2D eigenvalue weighted by molar-refractivity contribution is 5.11. The summed E-state index contributed by atoms with van der Waals surface area (Å²) in [4.78, 5) is 0. The lowest BCUT2D eigenvalue weighted by Gasteiger charge is -2.62. The molecule has 0 radical (unpaired) electrons. The predicted molar refractivity (Wildman–Crippen MR) is 123 cm³/mol. The molecule has 4 nitrogen and oxygen atoms in total. The van der Waals surface area contributed by atoms with Crippen molar-refractivity contribution in [2.24, 2.45) is 46.3 Å². The van der Waals surface area contributed by atoms with Crippen LogP contribution in [0.25, 0.3) is 0 Å². The molecule has 0 amide bonds. The first kappa shape index (κ1) is 24.0. The molecule has 180 valence electrons. The largest absolute Gasteiger partial charge is 0.393 e. The lowest BCUT2D eigenvalue weighted by atomic mass is 9.43. The van der Waals surface area contributed by atoms with E-state index in [1.54, 1.807) is 6.92 Å². The van der Waals surface area contributed by atoms with Gasteiger partial charge in [0.25, 0.3) is 0 Å². The second-order valence-corrected chi connectivity index (χ2v) is 13.0. The molecule has 31 heavy (non-hydrogen) atoms. The van der Waals surface area contributed by atoms with Gasteiger partial charge in [0.1, 0.15) is 0 Å². The maximum Gasteiger partial charge on any atom is 0.0849 e. The molecule has 4 aliphatic rings. The molecule has 0 saturated heterocycles. The van der Waals surface area contributed by atoms with Gasteiger partial charge in [0, 0.05) is 0 Å². The molecule has 0 aromatic rings. The number of aliphatic hydroxyl groups is 4. The molecule has 4 rings (SSSR count). The Morgan fingerprint density at radius 1 is 0.968 bits per heavy atom. The van der Waals surface area contributed by atoms with Gasteiger partial charge in [-0.3, -0.25) is 0 Å².